The van der Waals surface area contributed by atoms with Gasteiger partial charge < -0.3 is 9.47 Å². The van der Waals surface area contributed by atoms with Crippen molar-refractivity contribution < 1.29 is 14.3 Å². The number of pyridine rings is 2. The van der Waals surface area contributed by atoms with Gasteiger partial charge in [0.1, 0.15) is 11.8 Å². The molecule has 0 amide bonds. The molecule has 6 nitrogen and oxygen atoms in total. The van der Waals surface area contributed by atoms with Crippen LogP contribution in [0.25, 0.3) is 21.9 Å². The lowest BCUT2D eigenvalue weighted by Crippen LogP contribution is -2.05. The van der Waals surface area contributed by atoms with Gasteiger partial charge >= 0.3 is 5.97 Å². The van der Waals surface area contributed by atoms with Gasteiger partial charge in [0.2, 0.25) is 5.88 Å². The lowest BCUT2D eigenvalue weighted by molar-refractivity contribution is -0.132. The number of esters is 1. The van der Waals surface area contributed by atoms with Crippen molar-refractivity contribution in [3.05, 3.63) is 48.4 Å². The molecule has 0 bridgehead atoms. The van der Waals surface area contributed by atoms with Gasteiger partial charge in [0.15, 0.2) is 5.69 Å². The Morgan fingerprint density at radius 3 is 2.71 bits per heavy atom. The highest BCUT2D eigenvalue weighted by molar-refractivity contribution is 6.02. The summed E-state index contributed by atoms with van der Waals surface area (Å²) in [6.45, 7) is 1.29. The maximum atomic E-state index is 11.4. The highest BCUT2D eigenvalue weighted by Crippen LogP contribution is 2.37. The van der Waals surface area contributed by atoms with Crippen molar-refractivity contribution in [3.8, 4) is 28.8 Å². The second-order valence-electron chi connectivity index (χ2n) is 5.00. The van der Waals surface area contributed by atoms with Crippen LogP contribution in [0.1, 0.15) is 12.6 Å². The molecule has 24 heavy (non-hydrogen) atoms. The lowest BCUT2D eigenvalue weighted by Gasteiger charge is -2.13. The maximum Gasteiger partial charge on any atom is 0.309 e. The average Bonchev–Trinajstić information content (AvgIpc) is 2.61. The van der Waals surface area contributed by atoms with E-state index < -0.39 is 5.97 Å². The molecule has 0 aliphatic carbocycles. The van der Waals surface area contributed by atoms with Gasteiger partial charge in [-0.1, -0.05) is 6.07 Å². The Bertz CT molecular complexity index is 963. The first-order valence-corrected chi connectivity index (χ1v) is 7.14. The van der Waals surface area contributed by atoms with Gasteiger partial charge in [-0.2, -0.15) is 5.26 Å². The number of fused-ring (bicyclic) bond motifs is 1. The number of nitrogens with zero attached hydrogens (tertiary/aromatic N) is 3. The van der Waals surface area contributed by atoms with Crippen LogP contribution >= 0.6 is 0 Å². The van der Waals surface area contributed by atoms with E-state index in [1.54, 1.807) is 43.8 Å². The van der Waals surface area contributed by atoms with E-state index in [0.29, 0.717) is 22.1 Å². The van der Waals surface area contributed by atoms with Gasteiger partial charge in [0, 0.05) is 41.2 Å². The number of hydrogen-bond acceptors (Lipinski definition) is 6. The van der Waals surface area contributed by atoms with Gasteiger partial charge in [0.25, 0.3) is 0 Å². The average molecular weight is 319 g/mol. The Morgan fingerprint density at radius 1 is 1.25 bits per heavy atom. The van der Waals surface area contributed by atoms with Crippen LogP contribution in [0.5, 0.6) is 11.6 Å². The molecule has 1 aromatic carbocycles. The molecule has 3 rings (SSSR count). The third kappa shape index (κ3) is 2.75. The van der Waals surface area contributed by atoms with Gasteiger partial charge in [-0.3, -0.25) is 9.78 Å². The molecule has 6 heteroatoms. The highest BCUT2D eigenvalue weighted by Gasteiger charge is 2.18. The Hall–Kier alpha value is -3.46. The number of carbonyl (C=O) groups is 1. The van der Waals surface area contributed by atoms with Crippen LogP contribution in [-0.2, 0) is 4.79 Å². The van der Waals surface area contributed by atoms with Crippen molar-refractivity contribution in [3.63, 3.8) is 0 Å². The molecule has 0 fully saturated rings. The molecule has 2 heterocycles. The fourth-order valence-electron chi connectivity index (χ4n) is 2.49. The van der Waals surface area contributed by atoms with Crippen molar-refractivity contribution in [2.24, 2.45) is 0 Å². The van der Waals surface area contributed by atoms with Crippen molar-refractivity contribution in [1.82, 2.24) is 9.97 Å². The molecule has 0 atom stereocenters. The van der Waals surface area contributed by atoms with Crippen LogP contribution < -0.4 is 9.47 Å². The Labute approximate surface area is 138 Å². The van der Waals surface area contributed by atoms with Crippen LogP contribution in [0.15, 0.2) is 42.7 Å². The predicted molar refractivity (Wildman–Crippen MR) is 87.6 cm³/mol. The lowest BCUT2D eigenvalue weighted by atomic mass is 9.98. The second kappa shape index (κ2) is 6.34. The monoisotopic (exact) mass is 319 g/mol. The number of ether oxygens (including phenoxy) is 2. The van der Waals surface area contributed by atoms with E-state index in [1.165, 1.54) is 6.92 Å². The molecule has 0 unspecified atom stereocenters. The molecule has 0 aliphatic heterocycles. The first-order chi connectivity index (χ1) is 11.6. The van der Waals surface area contributed by atoms with Crippen LogP contribution in [0.4, 0.5) is 0 Å². The molecular weight excluding hydrogens is 306 g/mol. The van der Waals surface area contributed by atoms with Crippen molar-refractivity contribution in [2.45, 2.75) is 6.92 Å². The molecular formula is C18H13N3O3. The number of benzene rings is 1. The van der Waals surface area contributed by atoms with Gasteiger partial charge in [-0.15, -0.1) is 0 Å². The van der Waals surface area contributed by atoms with E-state index in [2.05, 4.69) is 16.0 Å². The Balaban J connectivity index is 2.41. The normalized spacial score (nSPS) is 10.2. The summed E-state index contributed by atoms with van der Waals surface area (Å²) in [7, 11) is 1.56. The van der Waals surface area contributed by atoms with E-state index in [0.717, 1.165) is 5.56 Å². The van der Waals surface area contributed by atoms with E-state index >= 15 is 0 Å². The number of carbonyl (C=O) groups excluding carboxylic acids is 1. The largest absolute Gasteiger partial charge is 0.497 e. The molecule has 0 saturated heterocycles. The first kappa shape index (κ1) is 15.4. The molecule has 0 spiro atoms. The molecule has 0 aliphatic rings. The zero-order valence-corrected chi connectivity index (χ0v) is 13.1. The van der Waals surface area contributed by atoms with Gasteiger partial charge in [-0.25, -0.2) is 4.98 Å². The zero-order chi connectivity index (χ0) is 17.1. The summed E-state index contributed by atoms with van der Waals surface area (Å²) >= 11 is 0. The maximum absolute atomic E-state index is 11.4. The number of aromatic nitrogens is 2. The Morgan fingerprint density at radius 2 is 2.08 bits per heavy atom. The van der Waals surface area contributed by atoms with E-state index in [4.69, 9.17) is 9.47 Å². The molecule has 0 radical (unpaired) electrons. The fraction of sp³-hybridized carbons (Fsp3) is 0.111. The summed E-state index contributed by atoms with van der Waals surface area (Å²) < 4.78 is 10.5. The minimum absolute atomic E-state index is 0.101. The van der Waals surface area contributed by atoms with Crippen LogP contribution in [-0.4, -0.2) is 23.0 Å². The SMILES string of the molecule is COc1ccc2c(OC(C)=O)nc(C#N)c(-c3cccnc3)c2c1. The quantitative estimate of drug-likeness (QED) is 0.690. The molecule has 118 valence electrons. The second-order valence-corrected chi connectivity index (χ2v) is 5.00. The number of nitriles is 1. The van der Waals surface area contributed by atoms with Crippen molar-refractivity contribution in [2.75, 3.05) is 7.11 Å². The van der Waals surface area contributed by atoms with Crippen LogP contribution in [0, 0.1) is 11.3 Å². The van der Waals surface area contributed by atoms with E-state index in [1.807, 2.05) is 6.07 Å². The highest BCUT2D eigenvalue weighted by atomic mass is 16.5. The summed E-state index contributed by atoms with van der Waals surface area (Å²) in [4.78, 5) is 19.7. The predicted octanol–water partition coefficient (Wildman–Crippen LogP) is 3.10. The van der Waals surface area contributed by atoms with Crippen LogP contribution in [0.3, 0.4) is 0 Å². The summed E-state index contributed by atoms with van der Waals surface area (Å²) in [6.07, 6.45) is 3.31. The molecule has 2 aromatic heterocycles. The summed E-state index contributed by atoms with van der Waals surface area (Å²) in [6, 6.07) is 11.0. The van der Waals surface area contributed by atoms with Gasteiger partial charge in [0.05, 0.1) is 7.11 Å². The number of hydrogen-bond donors (Lipinski definition) is 0. The zero-order valence-electron chi connectivity index (χ0n) is 13.1. The fourth-order valence-corrected chi connectivity index (χ4v) is 2.49. The molecule has 0 N–H and O–H groups in total. The van der Waals surface area contributed by atoms with E-state index in [-0.39, 0.29) is 11.6 Å². The summed E-state index contributed by atoms with van der Waals surface area (Å²) in [5, 5.41) is 10.8. The first-order valence-electron chi connectivity index (χ1n) is 7.14. The Kier molecular flexibility index (Phi) is 4.08. The summed E-state index contributed by atoms with van der Waals surface area (Å²) in [5.74, 6) is 0.221. The minimum Gasteiger partial charge on any atom is -0.497 e. The molecule has 0 saturated carbocycles. The summed E-state index contributed by atoms with van der Waals surface area (Å²) in [5.41, 5.74) is 1.52. The van der Waals surface area contributed by atoms with Crippen molar-refractivity contribution >= 4 is 16.7 Å². The van der Waals surface area contributed by atoms with E-state index in [9.17, 15) is 10.1 Å². The minimum atomic E-state index is -0.502. The molecule has 3 aromatic rings. The third-order valence-corrected chi connectivity index (χ3v) is 3.47. The topological polar surface area (TPSA) is 85.1 Å². The van der Waals surface area contributed by atoms with Crippen molar-refractivity contribution in [1.29, 1.82) is 5.26 Å². The standard InChI is InChI=1S/C18H13N3O3/c1-11(22)24-18-14-6-5-13(23-2)8-15(14)17(16(9-19)21-18)12-4-3-7-20-10-12/h3-8,10H,1-2H3. The number of methoxy groups -OCH3 is 1. The number of rotatable bonds is 3. The van der Waals surface area contributed by atoms with Crippen LogP contribution in [0.2, 0.25) is 0 Å². The smallest absolute Gasteiger partial charge is 0.309 e. The third-order valence-electron chi connectivity index (χ3n) is 3.47. The van der Waals surface area contributed by atoms with Gasteiger partial charge in [-0.05, 0) is 24.3 Å².